The van der Waals surface area contributed by atoms with Gasteiger partial charge in [-0.05, 0) is 13.3 Å². The Balaban J connectivity index is 3.22. The molecule has 0 aliphatic rings. The summed E-state index contributed by atoms with van der Waals surface area (Å²) in [4.78, 5) is 10.2. The highest BCUT2D eigenvalue weighted by atomic mass is 16.5. The number of ether oxygens (including phenoxy) is 1. The van der Waals surface area contributed by atoms with Crippen LogP contribution < -0.4 is 0 Å². The van der Waals surface area contributed by atoms with Crippen LogP contribution >= 0.6 is 0 Å². The van der Waals surface area contributed by atoms with Gasteiger partial charge in [-0.1, -0.05) is 13.3 Å². The molecular formula is C8H16O3. The van der Waals surface area contributed by atoms with Crippen molar-refractivity contribution in [2.75, 3.05) is 6.61 Å². The molecule has 0 aromatic carbocycles. The summed E-state index contributed by atoms with van der Waals surface area (Å²) < 4.78 is 5.21. The minimum atomic E-state index is -0.797. The standard InChI is InChI=1S/C8H16O3/c1-3-4-5-11-7(2)6-8(9)10/h7H,3-6H2,1-2H3,(H,9,10)/t7-/m1/s1. The molecule has 1 N–H and O–H groups in total. The van der Waals surface area contributed by atoms with E-state index in [-0.39, 0.29) is 12.5 Å². The fourth-order valence-corrected chi connectivity index (χ4v) is 0.734. The van der Waals surface area contributed by atoms with Crippen molar-refractivity contribution in [2.24, 2.45) is 0 Å². The van der Waals surface area contributed by atoms with E-state index in [4.69, 9.17) is 9.84 Å². The molecule has 0 saturated carbocycles. The van der Waals surface area contributed by atoms with E-state index in [1.54, 1.807) is 6.92 Å². The van der Waals surface area contributed by atoms with Gasteiger partial charge in [0, 0.05) is 6.61 Å². The zero-order valence-electron chi connectivity index (χ0n) is 7.17. The van der Waals surface area contributed by atoms with Crippen LogP contribution in [0.1, 0.15) is 33.1 Å². The minimum absolute atomic E-state index is 0.101. The Labute approximate surface area is 67.4 Å². The SMILES string of the molecule is CCCCO[C@H](C)CC(=O)O. The van der Waals surface area contributed by atoms with Gasteiger partial charge in [-0.3, -0.25) is 4.79 Å². The summed E-state index contributed by atoms with van der Waals surface area (Å²) in [5, 5.41) is 8.36. The van der Waals surface area contributed by atoms with Crippen molar-refractivity contribution in [1.82, 2.24) is 0 Å². The van der Waals surface area contributed by atoms with E-state index < -0.39 is 5.97 Å². The van der Waals surface area contributed by atoms with Gasteiger partial charge in [0.15, 0.2) is 0 Å². The van der Waals surface area contributed by atoms with Crippen molar-refractivity contribution >= 4 is 5.97 Å². The first-order valence-corrected chi connectivity index (χ1v) is 4.00. The molecule has 0 fully saturated rings. The van der Waals surface area contributed by atoms with Gasteiger partial charge in [0.1, 0.15) is 0 Å². The average molecular weight is 160 g/mol. The first-order valence-electron chi connectivity index (χ1n) is 4.00. The molecule has 3 heteroatoms. The van der Waals surface area contributed by atoms with Crippen LogP contribution in [0.5, 0.6) is 0 Å². The molecule has 0 heterocycles. The van der Waals surface area contributed by atoms with Gasteiger partial charge in [0.25, 0.3) is 0 Å². The summed E-state index contributed by atoms with van der Waals surface area (Å²) in [5.41, 5.74) is 0. The highest BCUT2D eigenvalue weighted by molar-refractivity contribution is 5.67. The second-order valence-electron chi connectivity index (χ2n) is 2.63. The lowest BCUT2D eigenvalue weighted by Gasteiger charge is -2.09. The molecule has 0 aromatic heterocycles. The monoisotopic (exact) mass is 160 g/mol. The van der Waals surface area contributed by atoms with Gasteiger partial charge in [0.05, 0.1) is 12.5 Å². The van der Waals surface area contributed by atoms with Crippen LogP contribution in [0.25, 0.3) is 0 Å². The first-order chi connectivity index (χ1) is 5.16. The van der Waals surface area contributed by atoms with Crippen molar-refractivity contribution < 1.29 is 14.6 Å². The van der Waals surface area contributed by atoms with E-state index in [9.17, 15) is 4.79 Å². The summed E-state index contributed by atoms with van der Waals surface area (Å²) in [6.07, 6.45) is 2.03. The minimum Gasteiger partial charge on any atom is -0.481 e. The molecule has 66 valence electrons. The molecule has 0 aliphatic heterocycles. The molecular weight excluding hydrogens is 144 g/mol. The normalized spacial score (nSPS) is 12.9. The Hall–Kier alpha value is -0.570. The largest absolute Gasteiger partial charge is 0.481 e. The highest BCUT2D eigenvalue weighted by Gasteiger charge is 2.06. The van der Waals surface area contributed by atoms with E-state index in [0.717, 1.165) is 12.8 Å². The van der Waals surface area contributed by atoms with E-state index in [1.165, 1.54) is 0 Å². The molecule has 0 amide bonds. The lowest BCUT2D eigenvalue weighted by Crippen LogP contribution is -2.14. The highest BCUT2D eigenvalue weighted by Crippen LogP contribution is 1.98. The fraction of sp³-hybridized carbons (Fsp3) is 0.875. The van der Waals surface area contributed by atoms with Crippen molar-refractivity contribution in [2.45, 2.75) is 39.2 Å². The molecule has 0 unspecified atom stereocenters. The Morgan fingerprint density at radius 3 is 2.73 bits per heavy atom. The molecule has 0 aliphatic carbocycles. The van der Waals surface area contributed by atoms with Crippen LogP contribution in [0, 0.1) is 0 Å². The van der Waals surface area contributed by atoms with Gasteiger partial charge in [-0.15, -0.1) is 0 Å². The Kier molecular flexibility index (Phi) is 5.84. The van der Waals surface area contributed by atoms with Gasteiger partial charge in [0.2, 0.25) is 0 Å². The molecule has 0 bridgehead atoms. The number of aliphatic carboxylic acids is 1. The number of unbranched alkanes of at least 4 members (excludes halogenated alkanes) is 1. The van der Waals surface area contributed by atoms with Gasteiger partial charge in [-0.25, -0.2) is 0 Å². The third-order valence-corrected chi connectivity index (χ3v) is 1.36. The van der Waals surface area contributed by atoms with Crippen LogP contribution in [-0.4, -0.2) is 23.8 Å². The second-order valence-corrected chi connectivity index (χ2v) is 2.63. The molecule has 0 rings (SSSR count). The van der Waals surface area contributed by atoms with Crippen molar-refractivity contribution in [3.05, 3.63) is 0 Å². The summed E-state index contributed by atoms with van der Waals surface area (Å²) in [7, 11) is 0. The lowest BCUT2D eigenvalue weighted by molar-refractivity contribution is -0.139. The summed E-state index contributed by atoms with van der Waals surface area (Å²) >= 11 is 0. The summed E-state index contributed by atoms with van der Waals surface area (Å²) in [6, 6.07) is 0. The maximum atomic E-state index is 10.2. The number of carboxylic acids is 1. The van der Waals surface area contributed by atoms with Crippen LogP contribution in [-0.2, 0) is 9.53 Å². The van der Waals surface area contributed by atoms with Crippen molar-refractivity contribution in [1.29, 1.82) is 0 Å². The zero-order valence-corrected chi connectivity index (χ0v) is 7.17. The molecule has 3 nitrogen and oxygen atoms in total. The predicted molar refractivity (Wildman–Crippen MR) is 42.6 cm³/mol. The zero-order chi connectivity index (χ0) is 8.69. The van der Waals surface area contributed by atoms with Crippen LogP contribution in [0.15, 0.2) is 0 Å². The van der Waals surface area contributed by atoms with E-state index in [1.807, 2.05) is 0 Å². The molecule has 0 aromatic rings. The maximum Gasteiger partial charge on any atom is 0.305 e. The Morgan fingerprint density at radius 1 is 1.64 bits per heavy atom. The lowest BCUT2D eigenvalue weighted by atomic mass is 10.3. The summed E-state index contributed by atoms with van der Waals surface area (Å²) in [5.74, 6) is -0.797. The smallest absolute Gasteiger partial charge is 0.305 e. The van der Waals surface area contributed by atoms with Gasteiger partial charge < -0.3 is 9.84 Å². The first kappa shape index (κ1) is 10.4. The van der Waals surface area contributed by atoms with Gasteiger partial charge >= 0.3 is 5.97 Å². The van der Waals surface area contributed by atoms with Crippen LogP contribution in [0.3, 0.4) is 0 Å². The molecule has 11 heavy (non-hydrogen) atoms. The Morgan fingerprint density at radius 2 is 2.27 bits per heavy atom. The topological polar surface area (TPSA) is 46.5 Å². The van der Waals surface area contributed by atoms with Crippen LogP contribution in [0.4, 0.5) is 0 Å². The van der Waals surface area contributed by atoms with Gasteiger partial charge in [-0.2, -0.15) is 0 Å². The average Bonchev–Trinajstić information content (AvgIpc) is 1.86. The van der Waals surface area contributed by atoms with Crippen molar-refractivity contribution in [3.8, 4) is 0 Å². The molecule has 0 saturated heterocycles. The maximum absolute atomic E-state index is 10.2. The number of carboxylic acid groups (broad SMARTS) is 1. The second kappa shape index (κ2) is 6.16. The number of hydrogen-bond acceptors (Lipinski definition) is 2. The quantitative estimate of drug-likeness (QED) is 0.601. The van der Waals surface area contributed by atoms with Crippen LogP contribution in [0.2, 0.25) is 0 Å². The number of rotatable bonds is 6. The van der Waals surface area contributed by atoms with E-state index in [2.05, 4.69) is 6.92 Å². The van der Waals surface area contributed by atoms with E-state index in [0.29, 0.717) is 6.61 Å². The molecule has 0 radical (unpaired) electrons. The third kappa shape index (κ3) is 7.33. The van der Waals surface area contributed by atoms with Crippen molar-refractivity contribution in [3.63, 3.8) is 0 Å². The predicted octanol–water partition coefficient (Wildman–Crippen LogP) is 1.67. The molecule has 0 spiro atoms. The fourth-order valence-electron chi connectivity index (χ4n) is 0.734. The molecule has 1 atom stereocenters. The van der Waals surface area contributed by atoms with E-state index >= 15 is 0 Å². The summed E-state index contributed by atoms with van der Waals surface area (Å²) in [6.45, 7) is 4.53. The number of carbonyl (C=O) groups is 1. The third-order valence-electron chi connectivity index (χ3n) is 1.36. The number of hydrogen-bond donors (Lipinski definition) is 1. The Bertz CT molecular complexity index is 112.